The van der Waals surface area contributed by atoms with Crippen LogP contribution in [0.1, 0.15) is 70.6 Å². The highest BCUT2D eigenvalue weighted by Gasteiger charge is 2.38. The number of nitrogens with zero attached hydrogens (tertiary/aromatic N) is 1. The van der Waals surface area contributed by atoms with E-state index in [0.717, 1.165) is 17.7 Å². The summed E-state index contributed by atoms with van der Waals surface area (Å²) in [6.45, 7) is 2.73. The van der Waals surface area contributed by atoms with Crippen molar-refractivity contribution in [2.45, 2.75) is 76.7 Å². The van der Waals surface area contributed by atoms with Crippen LogP contribution in [0.4, 0.5) is 0 Å². The van der Waals surface area contributed by atoms with Gasteiger partial charge in [-0.1, -0.05) is 32.1 Å². The van der Waals surface area contributed by atoms with Crippen LogP contribution >= 0.6 is 12.6 Å². The summed E-state index contributed by atoms with van der Waals surface area (Å²) < 4.78 is 0. The van der Waals surface area contributed by atoms with E-state index in [0.29, 0.717) is 5.41 Å². The molecule has 2 saturated carbocycles. The molecule has 0 aromatic rings. The van der Waals surface area contributed by atoms with Crippen molar-refractivity contribution in [3.05, 3.63) is 0 Å². The van der Waals surface area contributed by atoms with Gasteiger partial charge >= 0.3 is 0 Å². The van der Waals surface area contributed by atoms with Gasteiger partial charge in [-0.25, -0.2) is 0 Å². The van der Waals surface area contributed by atoms with Gasteiger partial charge in [0.25, 0.3) is 0 Å². The van der Waals surface area contributed by atoms with Gasteiger partial charge in [-0.2, -0.15) is 12.6 Å². The Labute approximate surface area is 124 Å². The van der Waals surface area contributed by atoms with Crippen LogP contribution in [0.15, 0.2) is 0 Å². The summed E-state index contributed by atoms with van der Waals surface area (Å²) in [4.78, 5) is 2.90. The first-order valence-corrected chi connectivity index (χ1v) is 9.31. The molecule has 2 aliphatic carbocycles. The van der Waals surface area contributed by atoms with Crippen molar-refractivity contribution in [1.82, 2.24) is 4.90 Å². The summed E-state index contributed by atoms with van der Waals surface area (Å²) in [6, 6.07) is 0.932. The zero-order chi connectivity index (χ0) is 13.1. The Hall–Kier alpha value is 0.310. The normalized spacial score (nSPS) is 35.8. The molecular formula is C17H31NS. The molecule has 2 atom stereocenters. The maximum atomic E-state index is 4.74. The Morgan fingerprint density at radius 2 is 1.63 bits per heavy atom. The lowest BCUT2D eigenvalue weighted by atomic mass is 9.72. The van der Waals surface area contributed by atoms with E-state index in [1.807, 2.05) is 0 Å². The number of thiol groups is 1. The second-order valence-corrected chi connectivity index (χ2v) is 7.76. The second-order valence-electron chi connectivity index (χ2n) is 7.44. The molecule has 0 unspecified atom stereocenters. The van der Waals surface area contributed by atoms with Crippen LogP contribution in [0.2, 0.25) is 0 Å². The van der Waals surface area contributed by atoms with Gasteiger partial charge in [0, 0.05) is 12.6 Å². The highest BCUT2D eigenvalue weighted by Crippen LogP contribution is 2.42. The quantitative estimate of drug-likeness (QED) is 0.744. The largest absolute Gasteiger partial charge is 0.300 e. The van der Waals surface area contributed by atoms with E-state index < -0.39 is 0 Å². The van der Waals surface area contributed by atoms with Crippen LogP contribution in [-0.4, -0.2) is 29.8 Å². The molecule has 19 heavy (non-hydrogen) atoms. The first kappa shape index (κ1) is 14.3. The van der Waals surface area contributed by atoms with Crippen LogP contribution < -0.4 is 0 Å². The first-order chi connectivity index (χ1) is 9.33. The lowest BCUT2D eigenvalue weighted by Crippen LogP contribution is -2.51. The number of piperidine rings is 1. The minimum Gasteiger partial charge on any atom is -0.300 e. The number of hydrogen-bond acceptors (Lipinski definition) is 2. The van der Waals surface area contributed by atoms with Crippen molar-refractivity contribution in [2.24, 2.45) is 11.3 Å². The van der Waals surface area contributed by atoms with Crippen molar-refractivity contribution in [3.63, 3.8) is 0 Å². The van der Waals surface area contributed by atoms with Gasteiger partial charge in [-0.05, 0) is 62.2 Å². The predicted molar refractivity (Wildman–Crippen MR) is 85.9 cm³/mol. The summed E-state index contributed by atoms with van der Waals surface area (Å²) in [5.41, 5.74) is 0.556. The molecule has 1 aliphatic heterocycles. The van der Waals surface area contributed by atoms with Gasteiger partial charge in [0.1, 0.15) is 0 Å². The fourth-order valence-corrected chi connectivity index (χ4v) is 5.44. The fourth-order valence-electron chi connectivity index (χ4n) is 5.02. The molecule has 110 valence electrons. The molecule has 0 amide bonds. The van der Waals surface area contributed by atoms with Gasteiger partial charge < -0.3 is 0 Å². The zero-order valence-electron chi connectivity index (χ0n) is 12.4. The van der Waals surface area contributed by atoms with Crippen molar-refractivity contribution in [2.75, 3.05) is 18.8 Å². The van der Waals surface area contributed by atoms with Crippen molar-refractivity contribution in [3.8, 4) is 0 Å². The Morgan fingerprint density at radius 1 is 0.895 bits per heavy atom. The number of fused-ring (bicyclic) bond motifs is 1. The molecule has 0 aromatic heterocycles. The van der Waals surface area contributed by atoms with Crippen LogP contribution in [0, 0.1) is 11.3 Å². The van der Waals surface area contributed by atoms with Gasteiger partial charge in [-0.3, -0.25) is 4.90 Å². The van der Waals surface area contributed by atoms with Crippen LogP contribution in [-0.2, 0) is 0 Å². The molecule has 1 heterocycles. The molecule has 2 heteroatoms. The average Bonchev–Trinajstić information content (AvgIpc) is 2.49. The standard InChI is InChI=1S/C17H31NS/c19-14-17(10-4-1-5-11-17)13-18-12-6-8-15-7-2-3-9-16(15)18/h15-16,19H,1-14H2/t15-,16-/m1/s1. The zero-order valence-corrected chi connectivity index (χ0v) is 13.3. The Kier molecular flexibility index (Phi) is 4.79. The third-order valence-electron chi connectivity index (χ3n) is 6.15. The molecule has 0 radical (unpaired) electrons. The molecule has 3 aliphatic rings. The van der Waals surface area contributed by atoms with E-state index in [9.17, 15) is 0 Å². The van der Waals surface area contributed by atoms with Crippen molar-refractivity contribution < 1.29 is 0 Å². The summed E-state index contributed by atoms with van der Waals surface area (Å²) >= 11 is 4.74. The molecule has 3 rings (SSSR count). The minimum atomic E-state index is 0.556. The summed E-state index contributed by atoms with van der Waals surface area (Å²) in [5, 5.41) is 0. The maximum absolute atomic E-state index is 4.74. The lowest BCUT2D eigenvalue weighted by molar-refractivity contribution is 0.0186. The van der Waals surface area contributed by atoms with Gasteiger partial charge in [0.2, 0.25) is 0 Å². The molecule has 1 nitrogen and oxygen atoms in total. The molecule has 0 bridgehead atoms. The molecule has 1 saturated heterocycles. The maximum Gasteiger partial charge on any atom is 0.0124 e. The molecule has 0 aromatic carbocycles. The van der Waals surface area contributed by atoms with Crippen LogP contribution in [0.25, 0.3) is 0 Å². The summed E-state index contributed by atoms with van der Waals surface area (Å²) in [7, 11) is 0. The van der Waals surface area contributed by atoms with E-state index in [4.69, 9.17) is 12.6 Å². The third kappa shape index (κ3) is 3.15. The molecular weight excluding hydrogens is 250 g/mol. The average molecular weight is 282 g/mol. The first-order valence-electron chi connectivity index (χ1n) is 8.68. The topological polar surface area (TPSA) is 3.24 Å². The van der Waals surface area contributed by atoms with E-state index in [1.54, 1.807) is 0 Å². The van der Waals surface area contributed by atoms with E-state index in [-0.39, 0.29) is 0 Å². The molecule has 0 N–H and O–H groups in total. The van der Waals surface area contributed by atoms with E-state index in [1.165, 1.54) is 83.7 Å². The van der Waals surface area contributed by atoms with E-state index in [2.05, 4.69) is 4.90 Å². The highest BCUT2D eigenvalue weighted by molar-refractivity contribution is 7.80. The fraction of sp³-hybridized carbons (Fsp3) is 1.00. The predicted octanol–water partition coefficient (Wildman–Crippen LogP) is 4.52. The minimum absolute atomic E-state index is 0.556. The van der Waals surface area contributed by atoms with Crippen molar-refractivity contribution in [1.29, 1.82) is 0 Å². The van der Waals surface area contributed by atoms with Crippen LogP contribution in [0.5, 0.6) is 0 Å². The Morgan fingerprint density at radius 3 is 2.42 bits per heavy atom. The van der Waals surface area contributed by atoms with Crippen LogP contribution in [0.3, 0.4) is 0 Å². The molecule has 0 spiro atoms. The lowest BCUT2D eigenvalue weighted by Gasteiger charge is -2.49. The van der Waals surface area contributed by atoms with Gasteiger partial charge in [0.15, 0.2) is 0 Å². The summed E-state index contributed by atoms with van der Waals surface area (Å²) in [6.07, 6.45) is 16.1. The number of likely N-dealkylation sites (tertiary alicyclic amines) is 1. The van der Waals surface area contributed by atoms with Gasteiger partial charge in [-0.15, -0.1) is 0 Å². The second kappa shape index (κ2) is 6.39. The Bertz CT molecular complexity index is 283. The third-order valence-corrected chi connectivity index (χ3v) is 6.82. The number of hydrogen-bond donors (Lipinski definition) is 1. The monoisotopic (exact) mass is 281 g/mol. The van der Waals surface area contributed by atoms with E-state index >= 15 is 0 Å². The van der Waals surface area contributed by atoms with Gasteiger partial charge in [0.05, 0.1) is 0 Å². The van der Waals surface area contributed by atoms with Crippen molar-refractivity contribution >= 4 is 12.6 Å². The summed E-state index contributed by atoms with van der Waals surface area (Å²) in [5.74, 6) is 2.14. The Balaban J connectivity index is 1.66. The smallest absolute Gasteiger partial charge is 0.0124 e. The number of rotatable bonds is 3. The molecule has 3 fully saturated rings. The highest BCUT2D eigenvalue weighted by atomic mass is 32.1. The SMILES string of the molecule is SCC1(CN2CCC[C@H]3CCCC[C@H]32)CCCCC1.